The first kappa shape index (κ1) is 31.1. The van der Waals surface area contributed by atoms with Crippen LogP contribution in [0.4, 0.5) is 0 Å². The van der Waals surface area contributed by atoms with E-state index in [4.69, 9.17) is 13.6 Å². The number of hydrogen-bond donors (Lipinski definition) is 0. The summed E-state index contributed by atoms with van der Waals surface area (Å²) in [6, 6.07) is 5.19. The molecule has 3 aromatic rings. The van der Waals surface area contributed by atoms with E-state index in [1.54, 1.807) is 18.2 Å². The molecule has 3 aromatic carbocycles. The molecule has 0 heterocycles. The van der Waals surface area contributed by atoms with Crippen molar-refractivity contribution in [3.8, 4) is 17.2 Å². The first-order valence-electron chi connectivity index (χ1n) is 9.28. The molecule has 0 bridgehead atoms. The Morgan fingerprint density at radius 1 is 0.457 bits per heavy atom. The van der Waals surface area contributed by atoms with Gasteiger partial charge in [-0.2, -0.15) is 4.57 Å². The Labute approximate surface area is 278 Å². The summed E-state index contributed by atoms with van der Waals surface area (Å²) >= 11 is 31.6. The first-order chi connectivity index (χ1) is 16.2. The molecule has 0 unspecified atom stereocenters. The lowest BCUT2D eigenvalue weighted by Crippen LogP contribution is -2.09. The number of rotatable bonds is 6. The number of halogens is 9. The van der Waals surface area contributed by atoms with Crippen LogP contribution in [-0.2, 0) is 4.57 Å². The predicted octanol–water partition coefficient (Wildman–Crippen LogP) is 13.1. The zero-order valence-corrected chi connectivity index (χ0v) is 32.9. The molecule has 35 heavy (non-hydrogen) atoms. The maximum absolute atomic E-state index is 14.3. The summed E-state index contributed by atoms with van der Waals surface area (Å²) < 4.78 is 38.5. The van der Waals surface area contributed by atoms with Gasteiger partial charge in [-0.1, -0.05) is 0 Å². The average Bonchev–Trinajstić information content (AvgIpc) is 2.80. The summed E-state index contributed by atoms with van der Waals surface area (Å²) in [6.07, 6.45) is 0. The van der Waals surface area contributed by atoms with Gasteiger partial charge in [0, 0.05) is 26.8 Å². The highest BCUT2D eigenvalue weighted by Gasteiger charge is 2.37. The van der Waals surface area contributed by atoms with Gasteiger partial charge >= 0.3 is 7.82 Å². The largest absolute Gasteiger partial charge is 0.647 e. The van der Waals surface area contributed by atoms with Crippen LogP contribution in [0.3, 0.4) is 0 Å². The Bertz CT molecular complexity index is 1230. The summed E-state index contributed by atoms with van der Waals surface area (Å²) in [5.74, 6) is 0.817. The minimum absolute atomic E-state index is 0.272. The maximum atomic E-state index is 14.3. The van der Waals surface area contributed by atoms with Gasteiger partial charge in [0.25, 0.3) is 0 Å². The summed E-state index contributed by atoms with van der Waals surface area (Å²) in [6.45, 7) is 5.66. The van der Waals surface area contributed by atoms with Crippen molar-refractivity contribution >= 4 is 151 Å². The van der Waals surface area contributed by atoms with E-state index < -0.39 is 7.82 Å². The van der Waals surface area contributed by atoms with E-state index in [2.05, 4.69) is 143 Å². The number of benzene rings is 3. The Hall–Kier alpha value is 1.61. The van der Waals surface area contributed by atoms with Crippen LogP contribution in [0.2, 0.25) is 0 Å². The second-order valence-corrected chi connectivity index (χ2v) is 15.7. The molecule has 0 fully saturated rings. The Morgan fingerprint density at radius 3 is 0.914 bits per heavy atom. The molecule has 14 heteroatoms. The summed E-state index contributed by atoms with van der Waals surface area (Å²) in [5.41, 5.74) is 2.57. The van der Waals surface area contributed by atoms with Gasteiger partial charge in [-0.15, -0.1) is 0 Å². The van der Waals surface area contributed by atoms with E-state index in [-0.39, 0.29) is 17.2 Å². The van der Waals surface area contributed by atoms with Crippen molar-refractivity contribution in [3.05, 3.63) is 75.1 Å². The molecule has 0 radical (unpaired) electrons. The van der Waals surface area contributed by atoms with Crippen molar-refractivity contribution in [2.75, 3.05) is 0 Å². The fourth-order valence-electron chi connectivity index (χ4n) is 2.72. The summed E-state index contributed by atoms with van der Waals surface area (Å²) in [4.78, 5) is 0. The van der Waals surface area contributed by atoms with E-state index in [0.29, 0.717) is 26.8 Å². The van der Waals surface area contributed by atoms with Gasteiger partial charge in [0.1, 0.15) is 17.2 Å². The molecular formula is C21H12Br9O4P. The van der Waals surface area contributed by atoms with Crippen LogP contribution < -0.4 is 13.6 Å². The number of phosphoric acid groups is 1. The van der Waals surface area contributed by atoms with Crippen molar-refractivity contribution in [2.24, 2.45) is 0 Å². The fourth-order valence-corrected chi connectivity index (χ4v) is 8.80. The molecule has 0 amide bonds. The lowest BCUT2D eigenvalue weighted by molar-refractivity contribution is 0.296. The highest BCUT2D eigenvalue weighted by Crippen LogP contribution is 2.56. The fraction of sp³-hybridized carbons (Fsp3) is 0.143. The lowest BCUT2D eigenvalue weighted by Gasteiger charge is -2.23. The average molecular weight is 1080 g/mol. The Balaban J connectivity index is 2.18. The van der Waals surface area contributed by atoms with E-state index in [0.717, 1.165) is 30.1 Å². The third kappa shape index (κ3) is 6.85. The first-order valence-corrected chi connectivity index (χ1v) is 17.9. The molecule has 0 saturated carbocycles. The van der Waals surface area contributed by atoms with Crippen LogP contribution in [0.25, 0.3) is 0 Å². The molecule has 188 valence electrons. The summed E-state index contributed by atoms with van der Waals surface area (Å²) in [5, 5.41) is 0. The van der Waals surface area contributed by atoms with E-state index in [1.807, 2.05) is 20.8 Å². The molecule has 4 nitrogen and oxygen atoms in total. The second kappa shape index (κ2) is 12.4. The van der Waals surface area contributed by atoms with E-state index in [1.165, 1.54) is 0 Å². The zero-order valence-electron chi connectivity index (χ0n) is 17.7. The van der Waals surface area contributed by atoms with Gasteiger partial charge in [-0.25, -0.2) is 0 Å². The second-order valence-electron chi connectivity index (χ2n) is 7.12. The van der Waals surface area contributed by atoms with Gasteiger partial charge in [-0.05, 0) is 199 Å². The summed E-state index contributed by atoms with van der Waals surface area (Å²) in [7, 11) is -4.33. The van der Waals surface area contributed by atoms with Gasteiger partial charge in [0.2, 0.25) is 0 Å². The minimum Gasteiger partial charge on any atom is -0.385 e. The highest BCUT2D eigenvalue weighted by atomic mass is 79.9. The molecule has 0 aliphatic carbocycles. The number of phosphoric ester groups is 1. The topological polar surface area (TPSA) is 44.8 Å². The van der Waals surface area contributed by atoms with Gasteiger partial charge < -0.3 is 13.6 Å². The molecule has 0 saturated heterocycles. The van der Waals surface area contributed by atoms with Crippen molar-refractivity contribution < 1.29 is 18.1 Å². The molecular weight excluding hydrogens is 1070 g/mol. The third-order valence-electron chi connectivity index (χ3n) is 4.52. The monoisotopic (exact) mass is 1070 g/mol. The van der Waals surface area contributed by atoms with Crippen LogP contribution in [0.5, 0.6) is 17.2 Å². The molecule has 0 aliphatic rings. The third-order valence-corrected chi connectivity index (χ3v) is 16.8. The Morgan fingerprint density at radius 2 is 0.686 bits per heavy atom. The van der Waals surface area contributed by atoms with Gasteiger partial charge in [0.05, 0.1) is 13.4 Å². The standard InChI is InChI=1S/C21H12Br9O4P/c1-7-4-10(16(25)19(28)13(7)22)32-35(31,33-11-5-8(2)14(23)20(29)17(11)26)34-12-6-9(3)15(24)21(30)18(12)27/h4-6H,1-3H3. The molecule has 0 atom stereocenters. The van der Waals surface area contributed by atoms with Crippen molar-refractivity contribution in [3.63, 3.8) is 0 Å². The van der Waals surface area contributed by atoms with E-state index >= 15 is 0 Å². The van der Waals surface area contributed by atoms with Crippen LogP contribution in [0.1, 0.15) is 16.7 Å². The zero-order chi connectivity index (χ0) is 26.4. The van der Waals surface area contributed by atoms with Crippen LogP contribution in [0.15, 0.2) is 58.5 Å². The van der Waals surface area contributed by atoms with Crippen molar-refractivity contribution in [2.45, 2.75) is 20.8 Å². The highest BCUT2D eigenvalue weighted by molar-refractivity contribution is 9.15. The van der Waals surface area contributed by atoms with Crippen LogP contribution in [-0.4, -0.2) is 0 Å². The Kier molecular flexibility index (Phi) is 11.0. The lowest BCUT2D eigenvalue weighted by atomic mass is 10.2. The van der Waals surface area contributed by atoms with Crippen LogP contribution >= 0.6 is 151 Å². The predicted molar refractivity (Wildman–Crippen MR) is 172 cm³/mol. The smallest absolute Gasteiger partial charge is 0.385 e. The van der Waals surface area contributed by atoms with Crippen LogP contribution in [0, 0.1) is 20.8 Å². The molecule has 0 N–H and O–H groups in total. The normalized spacial score (nSPS) is 11.5. The number of hydrogen-bond acceptors (Lipinski definition) is 4. The molecule has 3 rings (SSSR count). The van der Waals surface area contributed by atoms with Gasteiger partial charge in [-0.3, -0.25) is 0 Å². The molecule has 0 aromatic heterocycles. The van der Waals surface area contributed by atoms with Crippen molar-refractivity contribution in [1.29, 1.82) is 0 Å². The quantitative estimate of drug-likeness (QED) is 0.182. The maximum Gasteiger partial charge on any atom is 0.647 e. The molecule has 0 spiro atoms. The number of aryl methyl sites for hydroxylation is 3. The minimum atomic E-state index is -4.33. The van der Waals surface area contributed by atoms with Gasteiger partial charge in [0.15, 0.2) is 0 Å². The SMILES string of the molecule is Cc1cc(OP(=O)(Oc2cc(C)c(Br)c(Br)c2Br)Oc2cc(C)c(Br)c(Br)c2Br)c(Br)c(Br)c1Br. The molecule has 0 aliphatic heterocycles. The van der Waals surface area contributed by atoms with E-state index in [9.17, 15) is 4.57 Å². The van der Waals surface area contributed by atoms with Crippen molar-refractivity contribution in [1.82, 2.24) is 0 Å².